The first-order valence-electron chi connectivity index (χ1n) is 7.94. The standard InChI is InChI=1S/C19H17N3S3/c1-22-10-9-20-18(22)23-12-14-5-4-6-15(11-14)13-24-19-21-16-7-2-3-8-17(16)25-19/h2-11H,12-13H2,1H3. The van der Waals surface area contributed by atoms with Crippen molar-refractivity contribution in [1.82, 2.24) is 14.5 Å². The quantitative estimate of drug-likeness (QED) is 0.405. The van der Waals surface area contributed by atoms with E-state index in [9.17, 15) is 0 Å². The van der Waals surface area contributed by atoms with Gasteiger partial charge in [0.05, 0.1) is 10.2 Å². The normalized spacial score (nSPS) is 11.2. The molecular weight excluding hydrogens is 366 g/mol. The topological polar surface area (TPSA) is 30.7 Å². The summed E-state index contributed by atoms with van der Waals surface area (Å²) in [5.41, 5.74) is 3.76. The number of rotatable bonds is 6. The van der Waals surface area contributed by atoms with E-state index >= 15 is 0 Å². The Kier molecular flexibility index (Phi) is 5.10. The van der Waals surface area contributed by atoms with Crippen molar-refractivity contribution in [2.75, 3.05) is 0 Å². The molecule has 0 amide bonds. The Morgan fingerprint density at radius 1 is 1.00 bits per heavy atom. The van der Waals surface area contributed by atoms with Crippen molar-refractivity contribution in [1.29, 1.82) is 0 Å². The minimum Gasteiger partial charge on any atom is -0.329 e. The highest BCUT2D eigenvalue weighted by Gasteiger charge is 2.06. The monoisotopic (exact) mass is 383 g/mol. The molecule has 0 aliphatic heterocycles. The van der Waals surface area contributed by atoms with Crippen molar-refractivity contribution in [3.63, 3.8) is 0 Å². The number of imidazole rings is 1. The first-order valence-corrected chi connectivity index (χ1v) is 10.7. The third kappa shape index (κ3) is 4.08. The molecule has 3 nitrogen and oxygen atoms in total. The fraction of sp³-hybridized carbons (Fsp3) is 0.158. The number of thioether (sulfide) groups is 2. The van der Waals surface area contributed by atoms with Gasteiger partial charge in [0.15, 0.2) is 9.50 Å². The predicted molar refractivity (Wildman–Crippen MR) is 108 cm³/mol. The van der Waals surface area contributed by atoms with Gasteiger partial charge in [-0.05, 0) is 23.3 Å². The Balaban J connectivity index is 1.40. The number of hydrogen-bond donors (Lipinski definition) is 0. The van der Waals surface area contributed by atoms with E-state index in [2.05, 4.69) is 52.0 Å². The Labute approximate surface area is 159 Å². The second-order valence-electron chi connectivity index (χ2n) is 5.67. The summed E-state index contributed by atoms with van der Waals surface area (Å²) >= 11 is 5.35. The zero-order chi connectivity index (χ0) is 17.1. The lowest BCUT2D eigenvalue weighted by Gasteiger charge is -2.05. The lowest BCUT2D eigenvalue weighted by Crippen LogP contribution is -1.90. The summed E-state index contributed by atoms with van der Waals surface area (Å²) in [5, 5.41) is 1.05. The molecule has 0 saturated heterocycles. The van der Waals surface area contributed by atoms with Gasteiger partial charge in [0.2, 0.25) is 0 Å². The molecule has 2 aromatic heterocycles. The van der Waals surface area contributed by atoms with Gasteiger partial charge in [-0.15, -0.1) is 11.3 Å². The fourth-order valence-corrected chi connectivity index (χ4v) is 5.39. The minimum absolute atomic E-state index is 0.935. The Hall–Kier alpha value is -1.76. The number of nitrogens with zero attached hydrogens (tertiary/aromatic N) is 3. The van der Waals surface area contributed by atoms with Gasteiger partial charge in [-0.2, -0.15) is 0 Å². The van der Waals surface area contributed by atoms with Crippen LogP contribution in [0.5, 0.6) is 0 Å². The van der Waals surface area contributed by atoms with Crippen molar-refractivity contribution in [3.8, 4) is 0 Å². The molecule has 0 radical (unpaired) electrons. The van der Waals surface area contributed by atoms with E-state index in [1.54, 1.807) is 23.1 Å². The van der Waals surface area contributed by atoms with Gasteiger partial charge < -0.3 is 4.57 Å². The number of fused-ring (bicyclic) bond motifs is 1. The maximum atomic E-state index is 4.70. The number of aromatic nitrogens is 3. The summed E-state index contributed by atoms with van der Waals surface area (Å²) in [5.74, 6) is 1.88. The van der Waals surface area contributed by atoms with E-state index in [1.807, 2.05) is 37.3 Å². The molecule has 0 unspecified atom stereocenters. The van der Waals surface area contributed by atoms with Crippen LogP contribution < -0.4 is 0 Å². The van der Waals surface area contributed by atoms with E-state index in [1.165, 1.54) is 15.8 Å². The molecular formula is C19H17N3S3. The highest BCUT2D eigenvalue weighted by Crippen LogP contribution is 2.31. The van der Waals surface area contributed by atoms with Crippen LogP contribution in [0.1, 0.15) is 11.1 Å². The van der Waals surface area contributed by atoms with Gasteiger partial charge in [-0.25, -0.2) is 9.97 Å². The van der Waals surface area contributed by atoms with Crippen molar-refractivity contribution < 1.29 is 0 Å². The average Bonchev–Trinajstić information content (AvgIpc) is 3.24. The Bertz CT molecular complexity index is 957. The van der Waals surface area contributed by atoms with Crippen molar-refractivity contribution in [2.24, 2.45) is 7.05 Å². The lowest BCUT2D eigenvalue weighted by molar-refractivity contribution is 0.790. The minimum atomic E-state index is 0.935. The van der Waals surface area contributed by atoms with Crippen LogP contribution in [0.2, 0.25) is 0 Å². The smallest absolute Gasteiger partial charge is 0.167 e. The van der Waals surface area contributed by atoms with Crippen LogP contribution in [0.15, 0.2) is 70.4 Å². The summed E-state index contributed by atoms with van der Waals surface area (Å²) < 4.78 is 4.44. The van der Waals surface area contributed by atoms with Gasteiger partial charge in [-0.3, -0.25) is 0 Å². The largest absolute Gasteiger partial charge is 0.329 e. The third-order valence-corrected chi connectivity index (χ3v) is 7.15. The van der Waals surface area contributed by atoms with Crippen LogP contribution in [0, 0.1) is 0 Å². The zero-order valence-electron chi connectivity index (χ0n) is 13.8. The van der Waals surface area contributed by atoms with Gasteiger partial charge in [0, 0.05) is 30.9 Å². The summed E-state index contributed by atoms with van der Waals surface area (Å²) in [6.07, 6.45) is 3.82. The molecule has 0 aliphatic carbocycles. The Morgan fingerprint density at radius 3 is 2.56 bits per heavy atom. The third-order valence-electron chi connectivity index (χ3n) is 3.77. The van der Waals surface area contributed by atoms with Crippen LogP contribution in [0.4, 0.5) is 0 Å². The molecule has 4 rings (SSSR count). The van der Waals surface area contributed by atoms with Gasteiger partial charge in [0.1, 0.15) is 0 Å². The second kappa shape index (κ2) is 7.64. The fourth-order valence-electron chi connectivity index (χ4n) is 2.51. The summed E-state index contributed by atoms with van der Waals surface area (Å²) in [4.78, 5) is 9.06. The molecule has 0 fully saturated rings. The van der Waals surface area contributed by atoms with E-state index in [0.717, 1.165) is 26.5 Å². The van der Waals surface area contributed by atoms with Crippen LogP contribution in [-0.2, 0) is 18.6 Å². The summed E-state index contributed by atoms with van der Waals surface area (Å²) in [7, 11) is 2.03. The molecule has 0 atom stereocenters. The average molecular weight is 384 g/mol. The predicted octanol–water partition coefficient (Wildman–Crippen LogP) is 5.61. The molecule has 6 heteroatoms. The summed E-state index contributed by atoms with van der Waals surface area (Å²) in [6, 6.07) is 17.1. The molecule has 0 bridgehead atoms. The van der Waals surface area contributed by atoms with E-state index in [0.29, 0.717) is 0 Å². The van der Waals surface area contributed by atoms with Crippen LogP contribution >= 0.6 is 34.9 Å². The highest BCUT2D eigenvalue weighted by molar-refractivity contribution is 8.00. The summed E-state index contributed by atoms with van der Waals surface area (Å²) in [6.45, 7) is 0. The maximum absolute atomic E-state index is 4.70. The molecule has 2 aromatic carbocycles. The molecule has 0 spiro atoms. The molecule has 0 saturated carbocycles. The van der Waals surface area contributed by atoms with Gasteiger partial charge >= 0.3 is 0 Å². The maximum Gasteiger partial charge on any atom is 0.167 e. The lowest BCUT2D eigenvalue weighted by atomic mass is 10.2. The Morgan fingerprint density at radius 2 is 1.80 bits per heavy atom. The van der Waals surface area contributed by atoms with E-state index in [-0.39, 0.29) is 0 Å². The zero-order valence-corrected chi connectivity index (χ0v) is 16.2. The van der Waals surface area contributed by atoms with Gasteiger partial charge in [-0.1, -0.05) is 59.9 Å². The van der Waals surface area contributed by atoms with E-state index < -0.39 is 0 Å². The van der Waals surface area contributed by atoms with Crippen molar-refractivity contribution in [2.45, 2.75) is 21.0 Å². The molecule has 4 aromatic rings. The van der Waals surface area contributed by atoms with Crippen LogP contribution in [0.3, 0.4) is 0 Å². The molecule has 0 aliphatic rings. The second-order valence-corrected chi connectivity index (χ2v) is 8.86. The number of hydrogen-bond acceptors (Lipinski definition) is 5. The van der Waals surface area contributed by atoms with Crippen molar-refractivity contribution >= 4 is 45.1 Å². The highest BCUT2D eigenvalue weighted by atomic mass is 32.2. The van der Waals surface area contributed by atoms with Gasteiger partial charge in [0.25, 0.3) is 0 Å². The number of benzene rings is 2. The van der Waals surface area contributed by atoms with Crippen LogP contribution in [-0.4, -0.2) is 14.5 Å². The van der Waals surface area contributed by atoms with E-state index in [4.69, 9.17) is 4.98 Å². The molecule has 126 valence electrons. The van der Waals surface area contributed by atoms with Crippen molar-refractivity contribution in [3.05, 3.63) is 72.1 Å². The first kappa shape index (κ1) is 16.7. The molecule has 25 heavy (non-hydrogen) atoms. The molecule has 0 N–H and O–H groups in total. The van der Waals surface area contributed by atoms with Crippen LogP contribution in [0.25, 0.3) is 10.2 Å². The first-order chi connectivity index (χ1) is 12.3. The number of aryl methyl sites for hydroxylation is 1. The number of thiazole rings is 1. The number of para-hydroxylation sites is 1. The SMILES string of the molecule is Cn1ccnc1SCc1cccc(CSc2nc3ccccc3s2)c1. The molecule has 2 heterocycles.